The Labute approximate surface area is 53.0 Å². The topological polar surface area (TPSA) is 26.3 Å². The van der Waals surface area contributed by atoms with E-state index in [0.29, 0.717) is 0 Å². The van der Waals surface area contributed by atoms with Crippen molar-refractivity contribution in [1.29, 1.82) is 0 Å². The molecule has 0 aliphatic rings. The Morgan fingerprint density at radius 2 is 2.14 bits per heavy atom. The Kier molecular flexibility index (Phi) is 3.09. The first-order valence-electron chi connectivity index (χ1n) is 1.49. The van der Waals surface area contributed by atoms with E-state index in [-0.39, 0.29) is 0 Å². The van der Waals surface area contributed by atoms with Gasteiger partial charge in [0.1, 0.15) is 0 Å². The van der Waals surface area contributed by atoms with Gasteiger partial charge in [-0.2, -0.15) is 0 Å². The Balaban J connectivity index is 3.34. The van der Waals surface area contributed by atoms with Crippen molar-refractivity contribution in [3.63, 3.8) is 0 Å². The van der Waals surface area contributed by atoms with Gasteiger partial charge in [0, 0.05) is 0 Å². The molecule has 0 N–H and O–H groups in total. The quantitative estimate of drug-likeness (QED) is 0.458. The van der Waals surface area contributed by atoms with Crippen molar-refractivity contribution >= 4 is 31.9 Å². The molecule has 0 aromatic rings. The molecule has 1 unspecified atom stereocenters. The highest BCUT2D eigenvalue weighted by Gasteiger charge is 2.21. The second-order valence-corrected chi connectivity index (χ2v) is 3.00. The fraction of sp³-hybridized carbons (Fsp3) is 1.00. The highest BCUT2D eigenvalue weighted by atomic mass is 35.5. The second kappa shape index (κ2) is 2.83. The van der Waals surface area contributed by atoms with Crippen molar-refractivity contribution in [2.75, 3.05) is 0 Å². The van der Waals surface area contributed by atoms with Gasteiger partial charge in [-0.05, 0) is 11.5 Å². The fourth-order valence-electron chi connectivity index (χ4n) is 0.0732. The minimum atomic E-state index is -1.31. The van der Waals surface area contributed by atoms with Crippen LogP contribution in [-0.2, 0) is 9.09 Å². The van der Waals surface area contributed by atoms with E-state index in [4.69, 9.17) is 23.2 Å². The summed E-state index contributed by atoms with van der Waals surface area (Å²) in [5.41, 5.74) is 0. The lowest BCUT2D eigenvalue weighted by Gasteiger charge is -1.98. The molecule has 42 valence electrons. The maximum Gasteiger partial charge on any atom is 0.497 e. The van der Waals surface area contributed by atoms with E-state index in [1.807, 2.05) is 0 Å². The molecule has 0 bridgehead atoms. The Hall–Kier alpha value is 0.640. The van der Waals surface area contributed by atoms with E-state index < -0.39 is 13.2 Å². The molecule has 0 aliphatic heterocycles. The minimum absolute atomic E-state index is 0.905. The van der Waals surface area contributed by atoms with Gasteiger partial charge < -0.3 is 0 Å². The van der Waals surface area contributed by atoms with Crippen LogP contribution in [0.3, 0.4) is 0 Å². The first-order chi connectivity index (χ1) is 3.06. The van der Waals surface area contributed by atoms with E-state index in [1.54, 1.807) is 0 Å². The molecule has 0 rings (SSSR count). The van der Waals surface area contributed by atoms with Crippen LogP contribution >= 0.6 is 31.9 Å². The van der Waals surface area contributed by atoms with E-state index in [0.717, 1.165) is 0 Å². The molecule has 5 heteroatoms. The van der Waals surface area contributed by atoms with Gasteiger partial charge in [-0.25, -0.2) is 0 Å². The van der Waals surface area contributed by atoms with Gasteiger partial charge >= 0.3 is 8.69 Å². The van der Waals surface area contributed by atoms with E-state index in [9.17, 15) is 4.57 Å². The zero-order valence-corrected chi connectivity index (χ0v) is 6.08. The molecule has 0 heterocycles. The third-order valence-electron chi connectivity index (χ3n) is 0.221. The molecule has 0 aromatic heterocycles. The smallest absolute Gasteiger partial charge is 0.108 e. The average Bonchev–Trinajstić information content (AvgIpc) is 1.30. The molecular weight excluding hydrogens is 158 g/mol. The molecular formula is C2H4Cl2O2P+. The molecule has 0 fully saturated rings. The lowest BCUT2D eigenvalue weighted by atomic mass is 10.9. The average molecular weight is 162 g/mol. The molecule has 0 saturated heterocycles. The zero-order chi connectivity index (χ0) is 5.91. The van der Waals surface area contributed by atoms with E-state index in [2.05, 4.69) is 4.52 Å². The van der Waals surface area contributed by atoms with Gasteiger partial charge in [-0.1, -0.05) is 23.2 Å². The standard InChI is InChI=1S/C2H4Cl2O2P/c1-2(3,4)6-7-5/h7H,1H3/q+1. The normalized spacial score (nSPS) is 12.4. The number of rotatable bonds is 2. The van der Waals surface area contributed by atoms with Crippen LogP contribution < -0.4 is 0 Å². The third-order valence-corrected chi connectivity index (χ3v) is 1.13. The lowest BCUT2D eigenvalue weighted by Crippen LogP contribution is -2.03. The number of alkyl halides is 2. The van der Waals surface area contributed by atoms with Gasteiger partial charge in [-0.3, -0.25) is 0 Å². The number of hydrogen-bond acceptors (Lipinski definition) is 2. The molecule has 0 radical (unpaired) electrons. The molecule has 0 aromatic carbocycles. The molecule has 0 amide bonds. The highest BCUT2D eigenvalue weighted by molar-refractivity contribution is 7.17. The van der Waals surface area contributed by atoms with Crippen LogP contribution in [0.5, 0.6) is 0 Å². The van der Waals surface area contributed by atoms with Gasteiger partial charge in [0.15, 0.2) is 0 Å². The lowest BCUT2D eigenvalue weighted by molar-refractivity contribution is 0.288. The van der Waals surface area contributed by atoms with Crippen LogP contribution in [0.25, 0.3) is 0 Å². The van der Waals surface area contributed by atoms with Crippen LogP contribution in [0.2, 0.25) is 0 Å². The van der Waals surface area contributed by atoms with Gasteiger partial charge in [0.05, 0.1) is 0 Å². The van der Waals surface area contributed by atoms with Crippen LogP contribution in [-0.4, -0.2) is 4.52 Å². The van der Waals surface area contributed by atoms with Gasteiger partial charge in [0.25, 0.3) is 4.52 Å². The largest absolute Gasteiger partial charge is 0.497 e. The van der Waals surface area contributed by atoms with Crippen LogP contribution in [0.1, 0.15) is 6.92 Å². The molecule has 0 aliphatic carbocycles. The summed E-state index contributed by atoms with van der Waals surface area (Å²) in [6.45, 7) is 1.39. The predicted molar refractivity (Wildman–Crippen MR) is 30.2 cm³/mol. The first kappa shape index (κ1) is 7.64. The Morgan fingerprint density at radius 3 is 2.14 bits per heavy atom. The summed E-state index contributed by atoms with van der Waals surface area (Å²) in [5, 5.41) is 0. The monoisotopic (exact) mass is 161 g/mol. The molecule has 0 saturated carbocycles. The fourth-order valence-corrected chi connectivity index (χ4v) is 0.408. The molecule has 1 atom stereocenters. The summed E-state index contributed by atoms with van der Waals surface area (Å²) >= 11 is 10.4. The predicted octanol–water partition coefficient (Wildman–Crippen LogP) is 2.09. The maximum atomic E-state index is 9.58. The van der Waals surface area contributed by atoms with E-state index in [1.165, 1.54) is 6.92 Å². The number of hydrogen-bond donors (Lipinski definition) is 0. The van der Waals surface area contributed by atoms with Gasteiger partial charge in [-0.15, -0.1) is 4.52 Å². The highest BCUT2D eigenvalue weighted by Crippen LogP contribution is 2.25. The summed E-state index contributed by atoms with van der Waals surface area (Å²) in [7, 11) is -0.905. The molecule has 2 nitrogen and oxygen atoms in total. The van der Waals surface area contributed by atoms with Crippen LogP contribution in [0, 0.1) is 0 Å². The van der Waals surface area contributed by atoms with Crippen LogP contribution in [0.4, 0.5) is 0 Å². The summed E-state index contributed by atoms with van der Waals surface area (Å²) in [5.74, 6) is 0. The summed E-state index contributed by atoms with van der Waals surface area (Å²) in [6, 6.07) is 0. The summed E-state index contributed by atoms with van der Waals surface area (Å²) in [6.07, 6.45) is 0. The van der Waals surface area contributed by atoms with Crippen LogP contribution in [0.15, 0.2) is 0 Å². The SMILES string of the molecule is CC(Cl)(Cl)O[PH+]=O. The first-order valence-corrected chi connectivity index (χ1v) is 3.06. The second-order valence-electron chi connectivity index (χ2n) is 0.993. The summed E-state index contributed by atoms with van der Waals surface area (Å²) < 4.78 is 12.5. The third kappa shape index (κ3) is 6.64. The van der Waals surface area contributed by atoms with Gasteiger partial charge in [0.2, 0.25) is 0 Å². The number of halogens is 2. The Morgan fingerprint density at radius 1 is 1.71 bits per heavy atom. The maximum absolute atomic E-state index is 9.58. The minimum Gasteiger partial charge on any atom is -0.108 e. The molecule has 0 spiro atoms. The Bertz CT molecular complexity index is 68.6. The van der Waals surface area contributed by atoms with Crippen molar-refractivity contribution < 1.29 is 9.09 Å². The van der Waals surface area contributed by atoms with E-state index >= 15 is 0 Å². The zero-order valence-electron chi connectivity index (χ0n) is 3.57. The molecule has 7 heavy (non-hydrogen) atoms. The summed E-state index contributed by atoms with van der Waals surface area (Å²) in [4.78, 5) is 0. The van der Waals surface area contributed by atoms with Crippen molar-refractivity contribution in [3.05, 3.63) is 0 Å². The van der Waals surface area contributed by atoms with Crippen molar-refractivity contribution in [2.24, 2.45) is 0 Å². The van der Waals surface area contributed by atoms with Crippen molar-refractivity contribution in [3.8, 4) is 0 Å². The van der Waals surface area contributed by atoms with Crippen molar-refractivity contribution in [1.82, 2.24) is 0 Å². The van der Waals surface area contributed by atoms with Crippen molar-refractivity contribution in [2.45, 2.75) is 11.4 Å².